The lowest BCUT2D eigenvalue weighted by atomic mass is 9.89. The second kappa shape index (κ2) is 7.00. The molecule has 0 saturated carbocycles. The van der Waals surface area contributed by atoms with Gasteiger partial charge in [-0.3, -0.25) is 14.7 Å². The Morgan fingerprint density at radius 2 is 1.93 bits per heavy atom. The van der Waals surface area contributed by atoms with Crippen LogP contribution in [0.15, 0.2) is 30.3 Å². The van der Waals surface area contributed by atoms with Gasteiger partial charge in [0.15, 0.2) is 5.69 Å². The summed E-state index contributed by atoms with van der Waals surface area (Å²) < 4.78 is 0. The van der Waals surface area contributed by atoms with E-state index in [4.69, 9.17) is 0 Å². The monoisotopic (exact) mass is 405 g/mol. The first-order chi connectivity index (χ1) is 14.4. The molecular weight excluding hydrogens is 378 g/mol. The minimum atomic E-state index is -0.171. The third-order valence-corrected chi connectivity index (χ3v) is 6.58. The Labute approximate surface area is 175 Å². The van der Waals surface area contributed by atoms with Gasteiger partial charge in [0.1, 0.15) is 5.69 Å². The lowest BCUT2D eigenvalue weighted by molar-refractivity contribution is 0.0423. The molecule has 0 unspecified atom stereocenters. The van der Waals surface area contributed by atoms with Crippen LogP contribution in [-0.4, -0.2) is 55.4 Å². The zero-order valence-electron chi connectivity index (χ0n) is 17.5. The van der Waals surface area contributed by atoms with Gasteiger partial charge in [0.05, 0.1) is 6.54 Å². The summed E-state index contributed by atoms with van der Waals surface area (Å²) in [4.78, 5) is 33.5. The molecule has 2 aromatic heterocycles. The predicted octanol–water partition coefficient (Wildman–Crippen LogP) is 3.49. The number of hydrogen-bond acceptors (Lipinski definition) is 3. The fraction of sp³-hybridized carbons (Fsp3) is 0.435. The van der Waals surface area contributed by atoms with Crippen LogP contribution in [0.1, 0.15) is 65.3 Å². The van der Waals surface area contributed by atoms with Crippen molar-refractivity contribution in [3.63, 3.8) is 0 Å². The van der Waals surface area contributed by atoms with Crippen molar-refractivity contribution in [1.82, 2.24) is 25.0 Å². The highest BCUT2D eigenvalue weighted by Gasteiger charge is 2.37. The number of rotatable bonds is 2. The molecule has 0 atom stereocenters. The largest absolute Gasteiger partial charge is 0.351 e. The normalized spacial score (nSPS) is 18.5. The second-order valence-corrected chi connectivity index (χ2v) is 9.00. The Balaban J connectivity index is 1.40. The lowest BCUT2D eigenvalue weighted by Crippen LogP contribution is -2.51. The average Bonchev–Trinajstić information content (AvgIpc) is 3.36. The minimum absolute atomic E-state index is 0.0305. The van der Waals surface area contributed by atoms with Crippen molar-refractivity contribution in [2.24, 2.45) is 0 Å². The molecule has 2 N–H and O–H groups in total. The van der Waals surface area contributed by atoms with Gasteiger partial charge in [-0.15, -0.1) is 0 Å². The molecule has 4 heterocycles. The molecule has 7 heteroatoms. The van der Waals surface area contributed by atoms with Gasteiger partial charge >= 0.3 is 0 Å². The molecule has 0 bridgehead atoms. The van der Waals surface area contributed by atoms with E-state index in [9.17, 15) is 9.59 Å². The molecule has 30 heavy (non-hydrogen) atoms. The number of nitrogens with zero attached hydrogens (tertiary/aromatic N) is 3. The molecule has 0 spiro atoms. The zero-order valence-corrected chi connectivity index (χ0v) is 17.5. The predicted molar refractivity (Wildman–Crippen MR) is 114 cm³/mol. The number of piperidine rings is 1. The molecular formula is C23H27N5O2. The van der Waals surface area contributed by atoms with Crippen molar-refractivity contribution in [3.05, 3.63) is 53.0 Å². The number of benzene rings is 1. The molecule has 3 aromatic rings. The molecule has 1 saturated heterocycles. The van der Waals surface area contributed by atoms with Crippen LogP contribution in [0.5, 0.6) is 0 Å². The van der Waals surface area contributed by atoms with Crippen LogP contribution in [0.4, 0.5) is 0 Å². The Morgan fingerprint density at radius 3 is 2.73 bits per heavy atom. The summed E-state index contributed by atoms with van der Waals surface area (Å²) in [6.45, 7) is 6.00. The van der Waals surface area contributed by atoms with Crippen molar-refractivity contribution < 1.29 is 9.59 Å². The van der Waals surface area contributed by atoms with Crippen LogP contribution < -0.4 is 0 Å². The van der Waals surface area contributed by atoms with Crippen LogP contribution in [0.3, 0.4) is 0 Å². The van der Waals surface area contributed by atoms with E-state index in [-0.39, 0.29) is 17.4 Å². The number of nitrogens with one attached hydrogen (secondary N) is 2. The van der Waals surface area contributed by atoms with Gasteiger partial charge in [0.2, 0.25) is 0 Å². The fourth-order valence-corrected chi connectivity index (χ4v) is 4.77. The summed E-state index contributed by atoms with van der Waals surface area (Å²) in [5, 5.41) is 8.45. The zero-order chi connectivity index (χ0) is 20.9. The number of carbonyl (C=O) groups excluding carboxylic acids is 2. The number of fused-ring (bicyclic) bond motifs is 2. The minimum Gasteiger partial charge on any atom is -0.351 e. The fourth-order valence-electron chi connectivity index (χ4n) is 4.77. The van der Waals surface area contributed by atoms with Gasteiger partial charge in [-0.2, -0.15) is 5.10 Å². The van der Waals surface area contributed by atoms with E-state index in [0.717, 1.165) is 48.0 Å². The average molecular weight is 406 g/mol. The molecule has 2 amide bonds. The van der Waals surface area contributed by atoms with Gasteiger partial charge in [0, 0.05) is 47.2 Å². The van der Waals surface area contributed by atoms with Crippen molar-refractivity contribution in [2.45, 2.75) is 51.6 Å². The molecule has 7 nitrogen and oxygen atoms in total. The van der Waals surface area contributed by atoms with E-state index in [1.807, 2.05) is 35.2 Å². The molecule has 0 radical (unpaired) electrons. The van der Waals surface area contributed by atoms with E-state index < -0.39 is 0 Å². The van der Waals surface area contributed by atoms with E-state index in [1.165, 1.54) is 0 Å². The topological polar surface area (TPSA) is 85.1 Å². The van der Waals surface area contributed by atoms with E-state index in [2.05, 4.69) is 29.0 Å². The molecule has 2 aliphatic heterocycles. The Hall–Kier alpha value is -3.09. The maximum Gasteiger partial charge on any atom is 0.275 e. The third kappa shape index (κ3) is 3.09. The Kier molecular flexibility index (Phi) is 4.41. The molecule has 156 valence electrons. The van der Waals surface area contributed by atoms with Crippen LogP contribution in [0, 0.1) is 0 Å². The SMILES string of the molecule is CC1(C)CCCCN1C(=O)c1n[nH]c2c1CN(C(=O)c1cc3ccccc3[nH]1)CC2. The van der Waals surface area contributed by atoms with Crippen LogP contribution in [0.25, 0.3) is 10.9 Å². The van der Waals surface area contributed by atoms with Crippen molar-refractivity contribution in [1.29, 1.82) is 0 Å². The number of para-hydroxylation sites is 1. The molecule has 1 fully saturated rings. The highest BCUT2D eigenvalue weighted by atomic mass is 16.2. The second-order valence-electron chi connectivity index (χ2n) is 9.00. The lowest BCUT2D eigenvalue weighted by Gasteiger charge is -2.42. The van der Waals surface area contributed by atoms with Crippen molar-refractivity contribution in [2.75, 3.05) is 13.1 Å². The highest BCUT2D eigenvalue weighted by molar-refractivity contribution is 5.99. The van der Waals surface area contributed by atoms with E-state index >= 15 is 0 Å². The highest BCUT2D eigenvalue weighted by Crippen LogP contribution is 2.31. The molecule has 5 rings (SSSR count). The standard InChI is InChI=1S/C23H27N5O2/c1-23(2)10-5-6-11-28(23)22(30)20-16-14-27(12-9-18(16)25-26-20)21(29)19-13-15-7-3-4-8-17(15)24-19/h3-4,7-8,13,24H,5-6,9-12,14H2,1-2H3,(H,25,26). The summed E-state index contributed by atoms with van der Waals surface area (Å²) in [6.07, 6.45) is 3.83. The maximum absolute atomic E-state index is 13.3. The summed E-state index contributed by atoms with van der Waals surface area (Å²) >= 11 is 0. The maximum atomic E-state index is 13.3. The number of aromatic amines is 2. The molecule has 1 aromatic carbocycles. The summed E-state index contributed by atoms with van der Waals surface area (Å²) in [5.41, 5.74) is 3.65. The van der Waals surface area contributed by atoms with Gasteiger partial charge in [-0.05, 0) is 45.2 Å². The first-order valence-electron chi connectivity index (χ1n) is 10.7. The van der Waals surface area contributed by atoms with Crippen molar-refractivity contribution in [3.8, 4) is 0 Å². The number of aromatic nitrogens is 3. The van der Waals surface area contributed by atoms with Crippen LogP contribution in [0.2, 0.25) is 0 Å². The third-order valence-electron chi connectivity index (χ3n) is 6.58. The number of H-pyrrole nitrogens is 2. The first-order valence-corrected chi connectivity index (χ1v) is 10.7. The van der Waals surface area contributed by atoms with Gasteiger partial charge < -0.3 is 14.8 Å². The summed E-state index contributed by atoms with van der Waals surface area (Å²) in [5.74, 6) is -0.0770. The smallest absolute Gasteiger partial charge is 0.275 e. The molecule has 2 aliphatic rings. The first kappa shape index (κ1) is 18.9. The number of hydrogen-bond donors (Lipinski definition) is 2. The number of likely N-dealkylation sites (tertiary alicyclic amines) is 1. The van der Waals surface area contributed by atoms with Gasteiger partial charge in [-0.25, -0.2) is 0 Å². The molecule has 0 aliphatic carbocycles. The van der Waals surface area contributed by atoms with E-state index in [0.29, 0.717) is 30.9 Å². The van der Waals surface area contributed by atoms with Crippen molar-refractivity contribution >= 4 is 22.7 Å². The van der Waals surface area contributed by atoms with Gasteiger partial charge in [0.25, 0.3) is 11.8 Å². The summed E-state index contributed by atoms with van der Waals surface area (Å²) in [6, 6.07) is 9.76. The van der Waals surface area contributed by atoms with Gasteiger partial charge in [-0.1, -0.05) is 18.2 Å². The Morgan fingerprint density at radius 1 is 1.10 bits per heavy atom. The number of carbonyl (C=O) groups is 2. The quantitative estimate of drug-likeness (QED) is 0.684. The summed E-state index contributed by atoms with van der Waals surface area (Å²) in [7, 11) is 0. The number of amides is 2. The van der Waals surface area contributed by atoms with Crippen LogP contribution in [-0.2, 0) is 13.0 Å². The Bertz CT molecular complexity index is 1090. The van der Waals surface area contributed by atoms with Crippen LogP contribution >= 0.6 is 0 Å². The van der Waals surface area contributed by atoms with E-state index in [1.54, 1.807) is 4.90 Å².